The molecule has 0 saturated heterocycles. The molecule has 1 unspecified atom stereocenters. The van der Waals surface area contributed by atoms with Crippen molar-refractivity contribution in [1.82, 2.24) is 9.44 Å². The Balaban J connectivity index is 4.83. The molecule has 0 rings (SSSR count). The monoisotopic (exact) mass is 266 g/mol. The minimum absolute atomic E-state index is 0.195. The number of carbonyl (C=O) groups is 1. The molecule has 0 aromatic rings. The van der Waals surface area contributed by atoms with E-state index in [0.29, 0.717) is 0 Å². The minimum atomic E-state index is -3.74. The van der Waals surface area contributed by atoms with E-state index in [1.807, 2.05) is 0 Å². The largest absolute Gasteiger partial charge is 0.468 e. The van der Waals surface area contributed by atoms with Crippen LogP contribution in [-0.2, 0) is 19.7 Å². The molecule has 0 radical (unpaired) electrons. The summed E-state index contributed by atoms with van der Waals surface area (Å²) in [5.74, 6) is -0.793. The molecule has 0 aliphatic heterocycles. The van der Waals surface area contributed by atoms with Gasteiger partial charge < -0.3 is 4.74 Å². The molecule has 0 heterocycles. The van der Waals surface area contributed by atoms with Crippen LogP contribution in [0.25, 0.3) is 0 Å². The number of rotatable bonds is 5. The van der Waals surface area contributed by atoms with Crippen molar-refractivity contribution in [3.63, 3.8) is 0 Å². The highest BCUT2D eigenvalue weighted by molar-refractivity contribution is 7.87. The van der Waals surface area contributed by atoms with Gasteiger partial charge in [-0.2, -0.15) is 17.9 Å². The van der Waals surface area contributed by atoms with Crippen molar-refractivity contribution in [1.29, 1.82) is 0 Å². The Morgan fingerprint density at radius 1 is 1.24 bits per heavy atom. The molecule has 0 aromatic carbocycles. The SMILES string of the molecule is COC(=O)C(NS(=O)(=O)NC(C)(C)C)C(C)C. The smallest absolute Gasteiger partial charge is 0.324 e. The predicted molar refractivity (Wildman–Crippen MR) is 65.6 cm³/mol. The molecule has 6 nitrogen and oxygen atoms in total. The van der Waals surface area contributed by atoms with Crippen LogP contribution in [0.2, 0.25) is 0 Å². The van der Waals surface area contributed by atoms with E-state index in [-0.39, 0.29) is 5.92 Å². The number of ether oxygens (including phenoxy) is 1. The number of carbonyl (C=O) groups excluding carboxylic acids is 1. The van der Waals surface area contributed by atoms with Crippen molar-refractivity contribution in [3.8, 4) is 0 Å². The van der Waals surface area contributed by atoms with Crippen molar-refractivity contribution < 1.29 is 17.9 Å². The first kappa shape index (κ1) is 16.3. The average Bonchev–Trinajstić information content (AvgIpc) is 2.08. The minimum Gasteiger partial charge on any atom is -0.468 e. The third kappa shape index (κ3) is 6.60. The molecule has 0 aromatic heterocycles. The lowest BCUT2D eigenvalue weighted by Gasteiger charge is -2.24. The summed E-state index contributed by atoms with van der Waals surface area (Å²) in [4.78, 5) is 11.4. The van der Waals surface area contributed by atoms with Gasteiger partial charge in [-0.15, -0.1) is 0 Å². The fourth-order valence-corrected chi connectivity index (χ4v) is 2.75. The van der Waals surface area contributed by atoms with Gasteiger partial charge in [-0.25, -0.2) is 0 Å². The van der Waals surface area contributed by atoms with Crippen LogP contribution in [0.1, 0.15) is 34.6 Å². The summed E-state index contributed by atoms with van der Waals surface area (Å²) in [5, 5.41) is 0. The first-order valence-corrected chi connectivity index (χ1v) is 6.86. The van der Waals surface area contributed by atoms with Gasteiger partial charge in [-0.05, 0) is 26.7 Å². The number of nitrogens with one attached hydrogen (secondary N) is 2. The third-order valence-electron chi connectivity index (χ3n) is 1.84. The van der Waals surface area contributed by atoms with Gasteiger partial charge in [0.25, 0.3) is 10.2 Å². The van der Waals surface area contributed by atoms with Gasteiger partial charge in [0.15, 0.2) is 0 Å². The normalized spacial score (nSPS) is 14.8. The average molecular weight is 266 g/mol. The molecule has 0 aliphatic rings. The maximum Gasteiger partial charge on any atom is 0.324 e. The highest BCUT2D eigenvalue weighted by Gasteiger charge is 2.30. The Morgan fingerprint density at radius 3 is 2.00 bits per heavy atom. The molecule has 102 valence electrons. The summed E-state index contributed by atoms with van der Waals surface area (Å²) in [5.41, 5.74) is -0.608. The van der Waals surface area contributed by atoms with Crippen LogP contribution in [-0.4, -0.2) is 33.1 Å². The summed E-state index contributed by atoms with van der Waals surface area (Å²) < 4.78 is 32.8. The molecule has 0 bridgehead atoms. The second kappa shape index (κ2) is 5.79. The Labute approximate surface area is 103 Å². The van der Waals surface area contributed by atoms with Crippen LogP contribution in [0, 0.1) is 5.92 Å². The van der Waals surface area contributed by atoms with Gasteiger partial charge in [0.2, 0.25) is 0 Å². The molecule has 17 heavy (non-hydrogen) atoms. The number of hydrogen-bond acceptors (Lipinski definition) is 4. The number of methoxy groups -OCH3 is 1. The lowest BCUT2D eigenvalue weighted by Crippen LogP contribution is -2.53. The van der Waals surface area contributed by atoms with Gasteiger partial charge in [-0.3, -0.25) is 4.79 Å². The van der Waals surface area contributed by atoms with Crippen LogP contribution < -0.4 is 9.44 Å². The molecule has 7 heteroatoms. The van der Waals surface area contributed by atoms with Crippen molar-refractivity contribution in [2.75, 3.05) is 7.11 Å². The molecule has 0 amide bonds. The molecular formula is C10H22N2O4S. The van der Waals surface area contributed by atoms with Crippen LogP contribution in [0.15, 0.2) is 0 Å². The number of hydrogen-bond donors (Lipinski definition) is 2. The fourth-order valence-electron chi connectivity index (χ4n) is 1.18. The van der Waals surface area contributed by atoms with E-state index in [2.05, 4.69) is 14.2 Å². The van der Waals surface area contributed by atoms with Gasteiger partial charge in [0.05, 0.1) is 7.11 Å². The Hall–Kier alpha value is -0.660. The third-order valence-corrected chi connectivity index (χ3v) is 3.29. The first-order valence-electron chi connectivity index (χ1n) is 5.37. The van der Waals surface area contributed by atoms with Gasteiger partial charge in [0, 0.05) is 5.54 Å². The highest BCUT2D eigenvalue weighted by Crippen LogP contribution is 2.07. The summed E-state index contributed by atoms with van der Waals surface area (Å²) >= 11 is 0. The summed E-state index contributed by atoms with van der Waals surface area (Å²) in [6.45, 7) is 8.63. The maximum atomic E-state index is 11.8. The zero-order valence-corrected chi connectivity index (χ0v) is 12.0. The van der Waals surface area contributed by atoms with E-state index in [0.717, 1.165) is 0 Å². The lowest BCUT2D eigenvalue weighted by atomic mass is 10.1. The number of esters is 1. The van der Waals surface area contributed by atoms with E-state index >= 15 is 0 Å². The molecule has 0 saturated carbocycles. The molecule has 0 fully saturated rings. The van der Waals surface area contributed by atoms with Gasteiger partial charge in [-0.1, -0.05) is 13.8 Å². The zero-order valence-electron chi connectivity index (χ0n) is 11.2. The zero-order chi connectivity index (χ0) is 13.9. The van der Waals surface area contributed by atoms with Crippen LogP contribution in [0.5, 0.6) is 0 Å². The van der Waals surface area contributed by atoms with Gasteiger partial charge in [0.1, 0.15) is 6.04 Å². The van der Waals surface area contributed by atoms with Crippen molar-refractivity contribution in [2.24, 2.45) is 5.92 Å². The fraction of sp³-hybridized carbons (Fsp3) is 0.900. The van der Waals surface area contributed by atoms with Crippen molar-refractivity contribution >= 4 is 16.2 Å². The summed E-state index contributed by atoms with van der Waals surface area (Å²) in [6.07, 6.45) is 0. The predicted octanol–water partition coefficient (Wildman–Crippen LogP) is 0.407. The summed E-state index contributed by atoms with van der Waals surface area (Å²) in [7, 11) is -2.51. The lowest BCUT2D eigenvalue weighted by molar-refractivity contribution is -0.143. The first-order chi connectivity index (χ1) is 7.48. The molecule has 1 atom stereocenters. The van der Waals surface area contributed by atoms with Gasteiger partial charge >= 0.3 is 5.97 Å². The van der Waals surface area contributed by atoms with E-state index < -0.39 is 27.8 Å². The van der Waals surface area contributed by atoms with Crippen molar-refractivity contribution in [3.05, 3.63) is 0 Å². The van der Waals surface area contributed by atoms with Crippen LogP contribution in [0.4, 0.5) is 0 Å². The molecule has 0 aliphatic carbocycles. The Bertz CT molecular complexity index is 357. The van der Waals surface area contributed by atoms with Crippen LogP contribution >= 0.6 is 0 Å². The van der Waals surface area contributed by atoms with E-state index in [1.54, 1.807) is 34.6 Å². The molecule has 2 N–H and O–H groups in total. The topological polar surface area (TPSA) is 84.5 Å². The maximum absolute atomic E-state index is 11.8. The van der Waals surface area contributed by atoms with Crippen LogP contribution in [0.3, 0.4) is 0 Å². The van der Waals surface area contributed by atoms with E-state index in [4.69, 9.17) is 0 Å². The second-order valence-electron chi connectivity index (χ2n) is 5.22. The standard InChI is InChI=1S/C10H22N2O4S/c1-7(2)8(9(13)16-6)11-17(14,15)12-10(3,4)5/h7-8,11-12H,1-6H3. The Morgan fingerprint density at radius 2 is 1.71 bits per heavy atom. The molecule has 0 spiro atoms. The highest BCUT2D eigenvalue weighted by atomic mass is 32.2. The quantitative estimate of drug-likeness (QED) is 0.706. The molecular weight excluding hydrogens is 244 g/mol. The summed E-state index contributed by atoms with van der Waals surface area (Å²) in [6, 6.07) is -0.889. The van der Waals surface area contributed by atoms with Crippen molar-refractivity contribution in [2.45, 2.75) is 46.2 Å². The Kier molecular flexibility index (Phi) is 5.57. The second-order valence-corrected chi connectivity index (χ2v) is 6.66. The van der Waals surface area contributed by atoms with E-state index in [1.165, 1.54) is 7.11 Å². The van der Waals surface area contributed by atoms with E-state index in [9.17, 15) is 13.2 Å².